The molecule has 0 radical (unpaired) electrons. The Morgan fingerprint density at radius 2 is 1.58 bits per heavy atom. The molecule has 36 heavy (non-hydrogen) atoms. The highest BCUT2D eigenvalue weighted by atomic mass is 35.5. The van der Waals surface area contributed by atoms with Crippen molar-refractivity contribution in [3.63, 3.8) is 0 Å². The van der Waals surface area contributed by atoms with E-state index in [2.05, 4.69) is 4.74 Å². The minimum Gasteiger partial charge on any atom is -0.406 e. The largest absolute Gasteiger partial charge is 0.573 e. The van der Waals surface area contributed by atoms with E-state index in [0.717, 1.165) is 16.5 Å². The van der Waals surface area contributed by atoms with Crippen LogP contribution in [0, 0.1) is 0 Å². The molecule has 4 aromatic carbocycles. The average molecular weight is 529 g/mol. The lowest BCUT2D eigenvalue weighted by atomic mass is 10.0. The summed E-state index contributed by atoms with van der Waals surface area (Å²) in [5.74, 6) is -0.902. The van der Waals surface area contributed by atoms with Gasteiger partial charge in [-0.25, -0.2) is 0 Å². The van der Waals surface area contributed by atoms with Crippen LogP contribution in [0.25, 0.3) is 32.9 Å². The molecular weight excluding hydrogens is 512 g/mol. The quantitative estimate of drug-likeness (QED) is 0.253. The second kappa shape index (κ2) is 9.08. The van der Waals surface area contributed by atoms with Crippen LogP contribution in [0.4, 0.5) is 13.2 Å². The third-order valence-corrected chi connectivity index (χ3v) is 6.51. The maximum Gasteiger partial charge on any atom is 0.573 e. The Bertz CT molecular complexity index is 1620. The summed E-state index contributed by atoms with van der Waals surface area (Å²) in [6.45, 7) is 0.205. The number of carbonyl (C=O) groups excluding carboxylic acids is 1. The van der Waals surface area contributed by atoms with Crippen molar-refractivity contribution in [2.75, 3.05) is 0 Å². The molecule has 5 rings (SSSR count). The Kier molecular flexibility index (Phi) is 6.06. The zero-order valence-electron chi connectivity index (χ0n) is 18.4. The lowest BCUT2D eigenvalue weighted by Crippen LogP contribution is -2.17. The summed E-state index contributed by atoms with van der Waals surface area (Å²) in [6.07, 6.45) is -4.80. The van der Waals surface area contributed by atoms with Crippen LogP contribution in [-0.4, -0.2) is 16.8 Å². The number of ether oxygens (including phenoxy) is 1. The molecule has 0 aliphatic carbocycles. The van der Waals surface area contributed by atoms with Gasteiger partial charge in [0, 0.05) is 38.5 Å². The zero-order valence-corrected chi connectivity index (χ0v) is 20.0. The van der Waals surface area contributed by atoms with Crippen molar-refractivity contribution in [1.82, 2.24) is 4.57 Å². The predicted molar refractivity (Wildman–Crippen MR) is 136 cm³/mol. The standard InChI is InChI=1S/C27H17Cl2F3N2O2/c28-20-7-3-8-21(29)24(20)16-10-11-18-23(13-16)34(22-9-2-6-19(25(18)22)26(33)35)14-15-4-1-5-17(12-15)36-27(30,31)32/h1-13H,14H2,(H2,33,35). The average Bonchev–Trinajstić information content (AvgIpc) is 3.11. The van der Waals surface area contributed by atoms with Crippen LogP contribution >= 0.6 is 23.2 Å². The van der Waals surface area contributed by atoms with Crippen LogP contribution in [0.2, 0.25) is 10.0 Å². The van der Waals surface area contributed by atoms with Gasteiger partial charge in [-0.05, 0) is 53.6 Å². The van der Waals surface area contributed by atoms with Crippen LogP contribution in [-0.2, 0) is 6.54 Å². The van der Waals surface area contributed by atoms with Gasteiger partial charge in [0.15, 0.2) is 0 Å². The van der Waals surface area contributed by atoms with Gasteiger partial charge in [0.2, 0.25) is 5.91 Å². The summed E-state index contributed by atoms with van der Waals surface area (Å²) in [7, 11) is 0. The lowest BCUT2D eigenvalue weighted by molar-refractivity contribution is -0.274. The summed E-state index contributed by atoms with van der Waals surface area (Å²) in [5, 5.41) is 2.35. The molecule has 5 aromatic rings. The molecule has 0 atom stereocenters. The Morgan fingerprint density at radius 1 is 0.889 bits per heavy atom. The number of halogens is 5. The Balaban J connectivity index is 1.74. The summed E-state index contributed by atoms with van der Waals surface area (Å²) in [5.41, 5.74) is 9.40. The van der Waals surface area contributed by atoms with Gasteiger partial charge in [0.25, 0.3) is 0 Å². The molecule has 4 nitrogen and oxygen atoms in total. The fraction of sp³-hybridized carbons (Fsp3) is 0.0741. The van der Waals surface area contributed by atoms with E-state index in [-0.39, 0.29) is 12.3 Å². The minimum atomic E-state index is -4.80. The molecule has 1 heterocycles. The van der Waals surface area contributed by atoms with Gasteiger partial charge < -0.3 is 15.0 Å². The molecule has 0 unspecified atom stereocenters. The van der Waals surface area contributed by atoms with Gasteiger partial charge in [0.05, 0.1) is 11.0 Å². The number of aromatic nitrogens is 1. The smallest absolute Gasteiger partial charge is 0.406 e. The van der Waals surface area contributed by atoms with E-state index in [1.807, 2.05) is 28.8 Å². The highest BCUT2D eigenvalue weighted by Crippen LogP contribution is 2.39. The number of alkyl halides is 3. The highest BCUT2D eigenvalue weighted by Gasteiger charge is 2.31. The second-order valence-corrected chi connectivity index (χ2v) is 8.99. The van der Waals surface area contributed by atoms with Gasteiger partial charge >= 0.3 is 6.36 Å². The summed E-state index contributed by atoms with van der Waals surface area (Å²) in [4.78, 5) is 12.2. The topological polar surface area (TPSA) is 57.2 Å². The molecule has 1 amide bonds. The molecule has 0 bridgehead atoms. The number of hydrogen-bond acceptors (Lipinski definition) is 2. The number of rotatable bonds is 5. The number of fused-ring (bicyclic) bond motifs is 3. The Labute approximate surface area is 213 Å². The molecule has 182 valence electrons. The van der Waals surface area contributed by atoms with E-state index in [1.165, 1.54) is 18.2 Å². The number of carbonyl (C=O) groups is 1. The zero-order chi connectivity index (χ0) is 25.6. The monoisotopic (exact) mass is 528 g/mol. The summed E-state index contributed by atoms with van der Waals surface area (Å²) >= 11 is 12.9. The maximum atomic E-state index is 12.8. The van der Waals surface area contributed by atoms with Crippen LogP contribution in [0.1, 0.15) is 15.9 Å². The lowest BCUT2D eigenvalue weighted by Gasteiger charge is -2.13. The van der Waals surface area contributed by atoms with Gasteiger partial charge in [-0.2, -0.15) is 0 Å². The second-order valence-electron chi connectivity index (χ2n) is 8.17. The van der Waals surface area contributed by atoms with Crippen molar-refractivity contribution < 1.29 is 22.7 Å². The van der Waals surface area contributed by atoms with E-state index >= 15 is 0 Å². The van der Waals surface area contributed by atoms with Crippen LogP contribution in [0.5, 0.6) is 5.75 Å². The fourth-order valence-corrected chi connectivity index (χ4v) is 5.09. The number of amides is 1. The molecule has 9 heteroatoms. The number of hydrogen-bond donors (Lipinski definition) is 1. The molecule has 0 aliphatic heterocycles. The minimum absolute atomic E-state index is 0.205. The first-order valence-electron chi connectivity index (χ1n) is 10.8. The Hall–Kier alpha value is -3.68. The van der Waals surface area contributed by atoms with E-state index in [9.17, 15) is 18.0 Å². The van der Waals surface area contributed by atoms with Gasteiger partial charge in [-0.15, -0.1) is 13.2 Å². The SMILES string of the molecule is NC(=O)c1cccc2c1c1ccc(-c3c(Cl)cccc3Cl)cc1n2Cc1cccc(OC(F)(F)F)c1. The molecule has 0 aliphatic rings. The Morgan fingerprint density at radius 3 is 2.28 bits per heavy atom. The third kappa shape index (κ3) is 4.47. The van der Waals surface area contributed by atoms with E-state index in [4.69, 9.17) is 28.9 Å². The number of benzene rings is 4. The van der Waals surface area contributed by atoms with Gasteiger partial charge in [-0.3, -0.25) is 4.79 Å². The normalized spacial score (nSPS) is 11.8. The summed E-state index contributed by atoms with van der Waals surface area (Å²) < 4.78 is 44.3. The molecule has 0 fully saturated rings. The third-order valence-electron chi connectivity index (χ3n) is 5.88. The van der Waals surface area contributed by atoms with Crippen LogP contribution in [0.15, 0.2) is 78.9 Å². The molecule has 2 N–H and O–H groups in total. The number of nitrogens with zero attached hydrogens (tertiary/aromatic N) is 1. The highest BCUT2D eigenvalue weighted by molar-refractivity contribution is 6.39. The molecule has 0 spiro atoms. The predicted octanol–water partition coefficient (Wildman–Crippen LogP) is 7.81. The molecular formula is C27H17Cl2F3N2O2. The first kappa shape index (κ1) is 24.0. The van der Waals surface area contributed by atoms with Crippen LogP contribution in [0.3, 0.4) is 0 Å². The first-order chi connectivity index (χ1) is 17.1. The first-order valence-corrected chi connectivity index (χ1v) is 11.5. The maximum absolute atomic E-state index is 12.8. The van der Waals surface area contributed by atoms with Crippen molar-refractivity contribution >= 4 is 50.9 Å². The molecule has 0 saturated carbocycles. The number of nitrogens with two attached hydrogens (primary N) is 1. The summed E-state index contributed by atoms with van der Waals surface area (Å²) in [6, 6.07) is 21.8. The van der Waals surface area contributed by atoms with E-state index in [1.54, 1.807) is 36.4 Å². The van der Waals surface area contributed by atoms with Gasteiger partial charge in [-0.1, -0.05) is 59.6 Å². The molecule has 0 saturated heterocycles. The van der Waals surface area contributed by atoms with Gasteiger partial charge in [0.1, 0.15) is 5.75 Å². The van der Waals surface area contributed by atoms with Crippen molar-refractivity contribution in [2.45, 2.75) is 12.9 Å². The van der Waals surface area contributed by atoms with Crippen molar-refractivity contribution in [3.05, 3.63) is 100 Å². The number of primary amides is 1. The van der Waals surface area contributed by atoms with Crippen molar-refractivity contribution in [3.8, 4) is 16.9 Å². The molecule has 1 aromatic heterocycles. The van der Waals surface area contributed by atoms with Crippen molar-refractivity contribution in [2.24, 2.45) is 5.73 Å². The van der Waals surface area contributed by atoms with Crippen LogP contribution < -0.4 is 10.5 Å². The van der Waals surface area contributed by atoms with Crippen molar-refractivity contribution in [1.29, 1.82) is 0 Å². The van der Waals surface area contributed by atoms with E-state index in [0.29, 0.717) is 37.6 Å². The van der Waals surface area contributed by atoms with E-state index < -0.39 is 12.3 Å². The fourth-order valence-electron chi connectivity index (χ4n) is 4.47.